The number of fused-ring (bicyclic) bond motifs is 1. The van der Waals surface area contributed by atoms with E-state index in [-0.39, 0.29) is 6.01 Å². The maximum absolute atomic E-state index is 5.25. The molecule has 0 aliphatic rings. The van der Waals surface area contributed by atoms with E-state index < -0.39 is 0 Å². The van der Waals surface area contributed by atoms with E-state index in [1.165, 1.54) is 14.2 Å². The molecule has 0 bridgehead atoms. The molecule has 0 saturated heterocycles. The van der Waals surface area contributed by atoms with Crippen molar-refractivity contribution >= 4 is 26.8 Å². The van der Waals surface area contributed by atoms with Crippen molar-refractivity contribution in [1.82, 2.24) is 24.7 Å². The van der Waals surface area contributed by atoms with Crippen LogP contribution in [0.4, 0.5) is 0 Å². The van der Waals surface area contributed by atoms with Crippen molar-refractivity contribution in [1.29, 1.82) is 0 Å². The lowest BCUT2D eigenvalue weighted by Crippen LogP contribution is -2.03. The van der Waals surface area contributed by atoms with Gasteiger partial charge in [-0.3, -0.25) is 4.98 Å². The molecular weight excluding hydrogens is 326 g/mol. The Morgan fingerprint density at radius 3 is 2.70 bits per heavy atom. The van der Waals surface area contributed by atoms with Gasteiger partial charge in [0.15, 0.2) is 0 Å². The number of aromatic nitrogens is 5. The minimum Gasteiger partial charge on any atom is -0.479 e. The second-order valence-electron chi connectivity index (χ2n) is 3.88. The molecular formula is C12H10BrN5O2. The van der Waals surface area contributed by atoms with Crippen LogP contribution in [0.15, 0.2) is 29.3 Å². The molecule has 0 saturated carbocycles. The second kappa shape index (κ2) is 5.04. The molecule has 0 aromatic carbocycles. The van der Waals surface area contributed by atoms with Crippen molar-refractivity contribution in [2.24, 2.45) is 0 Å². The van der Waals surface area contributed by atoms with Gasteiger partial charge >= 0.3 is 6.01 Å². The number of hydrogen-bond acceptors (Lipinski definition) is 6. The number of halogens is 1. The van der Waals surface area contributed by atoms with E-state index in [9.17, 15) is 0 Å². The first-order valence-electron chi connectivity index (χ1n) is 5.67. The van der Waals surface area contributed by atoms with E-state index in [4.69, 9.17) is 9.47 Å². The molecule has 3 rings (SSSR count). The zero-order valence-electron chi connectivity index (χ0n) is 10.7. The summed E-state index contributed by atoms with van der Waals surface area (Å²) in [5.41, 5.74) is 1.38. The Labute approximate surface area is 122 Å². The molecule has 0 N–H and O–H groups in total. The maximum Gasteiger partial charge on any atom is 0.319 e. The highest BCUT2D eigenvalue weighted by Crippen LogP contribution is 2.26. The molecule has 3 aromatic rings. The summed E-state index contributed by atoms with van der Waals surface area (Å²) < 4.78 is 12.7. The molecule has 102 valence electrons. The predicted molar refractivity (Wildman–Crippen MR) is 75.3 cm³/mol. The molecule has 0 unspecified atom stereocenters. The maximum atomic E-state index is 5.25. The molecule has 0 aliphatic heterocycles. The molecule has 0 amide bonds. The van der Waals surface area contributed by atoms with Crippen molar-refractivity contribution in [3.63, 3.8) is 0 Å². The average Bonchev–Trinajstić information content (AvgIpc) is 2.92. The van der Waals surface area contributed by atoms with Crippen LogP contribution in [0, 0.1) is 0 Å². The summed E-state index contributed by atoms with van der Waals surface area (Å²) in [6.45, 7) is 0. The van der Waals surface area contributed by atoms with Crippen LogP contribution in [-0.2, 0) is 0 Å². The molecule has 7 nitrogen and oxygen atoms in total. The van der Waals surface area contributed by atoms with Crippen LogP contribution in [0.1, 0.15) is 0 Å². The minimum atomic E-state index is 0.241. The Balaban J connectivity index is 2.17. The van der Waals surface area contributed by atoms with Crippen LogP contribution in [-0.4, -0.2) is 39.0 Å². The summed E-state index contributed by atoms with van der Waals surface area (Å²) in [5.74, 6) is 0.383. The molecule has 20 heavy (non-hydrogen) atoms. The summed E-state index contributed by atoms with van der Waals surface area (Å²) in [7, 11) is 3.03. The first-order chi connectivity index (χ1) is 9.72. The fourth-order valence-corrected chi connectivity index (χ4v) is 2.21. The number of pyridine rings is 1. The minimum absolute atomic E-state index is 0.241. The third-order valence-corrected chi connectivity index (χ3v) is 3.35. The van der Waals surface area contributed by atoms with Gasteiger partial charge in [0.05, 0.1) is 26.6 Å². The molecule has 8 heteroatoms. The van der Waals surface area contributed by atoms with Crippen molar-refractivity contribution < 1.29 is 9.47 Å². The van der Waals surface area contributed by atoms with Gasteiger partial charge in [-0.25, -0.2) is 9.67 Å². The predicted octanol–water partition coefficient (Wildman–Crippen LogP) is 1.99. The highest BCUT2D eigenvalue weighted by atomic mass is 79.9. The van der Waals surface area contributed by atoms with E-state index in [1.807, 2.05) is 6.20 Å². The topological polar surface area (TPSA) is 75.0 Å². The van der Waals surface area contributed by atoms with Crippen LogP contribution in [0.3, 0.4) is 0 Å². The number of hydrogen-bond donors (Lipinski definition) is 0. The van der Waals surface area contributed by atoms with E-state index in [0.717, 1.165) is 15.4 Å². The van der Waals surface area contributed by atoms with Crippen LogP contribution in [0.5, 0.6) is 11.9 Å². The van der Waals surface area contributed by atoms with Crippen LogP contribution >= 0.6 is 15.9 Å². The van der Waals surface area contributed by atoms with Gasteiger partial charge in [0.25, 0.3) is 0 Å². The van der Waals surface area contributed by atoms with Crippen molar-refractivity contribution in [2.75, 3.05) is 14.2 Å². The summed E-state index contributed by atoms with van der Waals surface area (Å²) >= 11 is 3.44. The SMILES string of the molecule is COc1ncc(-n2cc3c(Br)cncc3n2)c(OC)n1. The van der Waals surface area contributed by atoms with Crippen LogP contribution < -0.4 is 9.47 Å². The van der Waals surface area contributed by atoms with E-state index in [2.05, 4.69) is 36.0 Å². The van der Waals surface area contributed by atoms with Gasteiger partial charge < -0.3 is 9.47 Å². The van der Waals surface area contributed by atoms with Gasteiger partial charge in [-0.2, -0.15) is 10.1 Å². The Bertz CT molecular complexity index is 774. The third kappa shape index (κ3) is 2.07. The first-order valence-corrected chi connectivity index (χ1v) is 6.46. The summed E-state index contributed by atoms with van der Waals surface area (Å²) in [6, 6.07) is 0.241. The fraction of sp³-hybridized carbons (Fsp3) is 0.167. The molecule has 3 heterocycles. The second-order valence-corrected chi connectivity index (χ2v) is 4.73. The Hall–Kier alpha value is -2.22. The lowest BCUT2D eigenvalue weighted by Gasteiger charge is -2.07. The molecule has 0 atom stereocenters. The summed E-state index contributed by atoms with van der Waals surface area (Å²) in [4.78, 5) is 12.3. The zero-order chi connectivity index (χ0) is 14.1. The highest BCUT2D eigenvalue weighted by Gasteiger charge is 2.13. The summed E-state index contributed by atoms with van der Waals surface area (Å²) in [6.07, 6.45) is 6.86. The third-order valence-electron chi connectivity index (χ3n) is 2.72. The van der Waals surface area contributed by atoms with Crippen molar-refractivity contribution in [2.45, 2.75) is 0 Å². The quantitative estimate of drug-likeness (QED) is 0.728. The van der Waals surface area contributed by atoms with Crippen LogP contribution in [0.25, 0.3) is 16.6 Å². The average molecular weight is 336 g/mol. The Kier molecular flexibility index (Phi) is 3.23. The van der Waals surface area contributed by atoms with Gasteiger partial charge in [0, 0.05) is 22.3 Å². The number of methoxy groups -OCH3 is 2. The normalized spacial score (nSPS) is 10.8. The molecule has 0 aliphatic carbocycles. The van der Waals surface area contributed by atoms with E-state index >= 15 is 0 Å². The highest BCUT2D eigenvalue weighted by molar-refractivity contribution is 9.10. The van der Waals surface area contributed by atoms with E-state index in [0.29, 0.717) is 11.6 Å². The smallest absolute Gasteiger partial charge is 0.319 e. The Morgan fingerprint density at radius 1 is 1.15 bits per heavy atom. The van der Waals surface area contributed by atoms with Gasteiger partial charge in [-0.1, -0.05) is 0 Å². The number of ether oxygens (including phenoxy) is 2. The van der Waals surface area contributed by atoms with Gasteiger partial charge in [-0.05, 0) is 15.9 Å². The van der Waals surface area contributed by atoms with Crippen LogP contribution in [0.2, 0.25) is 0 Å². The first kappa shape index (κ1) is 12.8. The number of nitrogens with zero attached hydrogens (tertiary/aromatic N) is 5. The van der Waals surface area contributed by atoms with E-state index in [1.54, 1.807) is 23.3 Å². The number of rotatable bonds is 3. The van der Waals surface area contributed by atoms with Gasteiger partial charge in [-0.15, -0.1) is 0 Å². The largest absolute Gasteiger partial charge is 0.479 e. The zero-order valence-corrected chi connectivity index (χ0v) is 12.3. The van der Waals surface area contributed by atoms with Crippen molar-refractivity contribution in [3.8, 4) is 17.6 Å². The monoisotopic (exact) mass is 335 g/mol. The molecule has 0 radical (unpaired) electrons. The lowest BCUT2D eigenvalue weighted by atomic mass is 10.3. The molecule has 3 aromatic heterocycles. The van der Waals surface area contributed by atoms with Gasteiger partial charge in [0.1, 0.15) is 11.2 Å². The molecule has 0 fully saturated rings. The Morgan fingerprint density at radius 2 is 2.00 bits per heavy atom. The molecule has 0 spiro atoms. The standard InChI is InChI=1S/C12H10BrN5O2/c1-19-11-10(5-15-12(16-11)20-2)18-6-7-8(13)3-14-4-9(7)17-18/h3-6H,1-2H3. The van der Waals surface area contributed by atoms with Gasteiger partial charge in [0.2, 0.25) is 5.88 Å². The lowest BCUT2D eigenvalue weighted by molar-refractivity contribution is 0.350. The fourth-order valence-electron chi connectivity index (χ4n) is 1.78. The van der Waals surface area contributed by atoms with Crippen molar-refractivity contribution in [3.05, 3.63) is 29.3 Å². The summed E-state index contributed by atoms with van der Waals surface area (Å²) in [5, 5.41) is 5.37.